The smallest absolute Gasteiger partial charge is 0.222 e. The lowest BCUT2D eigenvalue weighted by molar-refractivity contribution is -0.121. The first-order chi connectivity index (χ1) is 11.0. The van der Waals surface area contributed by atoms with Crippen LogP contribution in [0.3, 0.4) is 0 Å². The van der Waals surface area contributed by atoms with Crippen LogP contribution in [0.25, 0.3) is 0 Å². The number of guanidine groups is 1. The van der Waals surface area contributed by atoms with Crippen LogP contribution in [0.15, 0.2) is 35.3 Å². The quantitative estimate of drug-likeness (QED) is 0.327. The number of nitrogens with zero attached hydrogens (tertiary/aromatic N) is 1. The lowest BCUT2D eigenvalue weighted by atomic mass is 10.1. The van der Waals surface area contributed by atoms with Gasteiger partial charge in [0, 0.05) is 25.6 Å². The average molecular weight is 446 g/mol. The summed E-state index contributed by atoms with van der Waals surface area (Å²) in [7, 11) is 0. The fourth-order valence-electron chi connectivity index (χ4n) is 1.86. The molecule has 0 aliphatic rings. The van der Waals surface area contributed by atoms with Crippen molar-refractivity contribution in [1.29, 1.82) is 0 Å². The third kappa shape index (κ3) is 9.75. The van der Waals surface area contributed by atoms with Crippen LogP contribution in [0.1, 0.15) is 39.7 Å². The molecule has 1 amide bonds. The number of halogens is 1. The van der Waals surface area contributed by atoms with Crippen LogP contribution in [0, 0.1) is 5.92 Å². The number of aliphatic imine (C=N–C) groups is 1. The zero-order valence-electron chi connectivity index (χ0n) is 15.1. The summed E-state index contributed by atoms with van der Waals surface area (Å²) in [5, 5.41) is 9.48. The second-order valence-electron chi connectivity index (χ2n) is 5.95. The minimum absolute atomic E-state index is 0. The van der Waals surface area contributed by atoms with Crippen LogP contribution >= 0.6 is 24.0 Å². The van der Waals surface area contributed by atoms with Crippen LogP contribution in [0.5, 0.6) is 0 Å². The van der Waals surface area contributed by atoms with Gasteiger partial charge in [0.15, 0.2) is 5.96 Å². The highest BCUT2D eigenvalue weighted by molar-refractivity contribution is 14.0. The van der Waals surface area contributed by atoms with E-state index in [0.717, 1.165) is 18.1 Å². The van der Waals surface area contributed by atoms with Gasteiger partial charge in [-0.25, -0.2) is 0 Å². The molecule has 1 aromatic rings. The molecule has 1 aromatic carbocycles. The molecule has 6 heteroatoms. The summed E-state index contributed by atoms with van der Waals surface area (Å²) in [4.78, 5) is 16.3. The van der Waals surface area contributed by atoms with E-state index >= 15 is 0 Å². The summed E-state index contributed by atoms with van der Waals surface area (Å²) in [5.74, 6) is 1.31. The zero-order chi connectivity index (χ0) is 17.1. The van der Waals surface area contributed by atoms with E-state index in [4.69, 9.17) is 0 Å². The Bertz CT molecular complexity index is 491. The van der Waals surface area contributed by atoms with E-state index in [1.807, 2.05) is 37.3 Å². The molecular weight excluding hydrogens is 415 g/mol. The molecule has 0 radical (unpaired) electrons. The highest BCUT2D eigenvalue weighted by Gasteiger charge is 2.09. The summed E-state index contributed by atoms with van der Waals surface area (Å²) in [6.45, 7) is 10.3. The topological polar surface area (TPSA) is 65.5 Å². The molecule has 136 valence electrons. The van der Waals surface area contributed by atoms with Gasteiger partial charge in [-0.3, -0.25) is 9.79 Å². The van der Waals surface area contributed by atoms with Gasteiger partial charge in [0.05, 0.1) is 6.54 Å². The number of carbonyl (C=O) groups excluding carboxylic acids is 1. The Hall–Kier alpha value is -1.31. The van der Waals surface area contributed by atoms with Gasteiger partial charge in [-0.05, 0) is 25.3 Å². The molecule has 1 unspecified atom stereocenters. The minimum atomic E-state index is 0. The van der Waals surface area contributed by atoms with Crippen LogP contribution in [0.4, 0.5) is 0 Å². The molecule has 5 nitrogen and oxygen atoms in total. The van der Waals surface area contributed by atoms with Crippen molar-refractivity contribution in [2.45, 2.75) is 46.7 Å². The largest absolute Gasteiger partial charge is 0.357 e. The Balaban J connectivity index is 0.00000529. The number of hydrogen-bond donors (Lipinski definition) is 3. The van der Waals surface area contributed by atoms with Crippen LogP contribution in [-0.2, 0) is 11.3 Å². The van der Waals surface area contributed by atoms with E-state index in [-0.39, 0.29) is 29.9 Å². The lowest BCUT2D eigenvalue weighted by Gasteiger charge is -2.20. The van der Waals surface area contributed by atoms with E-state index in [0.29, 0.717) is 31.5 Å². The monoisotopic (exact) mass is 446 g/mol. The van der Waals surface area contributed by atoms with Gasteiger partial charge in [-0.2, -0.15) is 0 Å². The summed E-state index contributed by atoms with van der Waals surface area (Å²) >= 11 is 0. The van der Waals surface area contributed by atoms with Gasteiger partial charge in [0.2, 0.25) is 5.91 Å². The Morgan fingerprint density at radius 2 is 1.79 bits per heavy atom. The first-order valence-electron chi connectivity index (χ1n) is 8.38. The molecular formula is C18H31IN4O. The highest BCUT2D eigenvalue weighted by Crippen LogP contribution is 2.00. The second-order valence-corrected chi connectivity index (χ2v) is 5.95. The predicted molar refractivity (Wildman–Crippen MR) is 112 cm³/mol. The normalized spacial score (nSPS) is 12.3. The zero-order valence-corrected chi connectivity index (χ0v) is 17.5. The van der Waals surface area contributed by atoms with Gasteiger partial charge in [-0.15, -0.1) is 24.0 Å². The van der Waals surface area contributed by atoms with Crippen molar-refractivity contribution in [1.82, 2.24) is 16.0 Å². The first kappa shape index (κ1) is 22.7. The predicted octanol–water partition coefficient (Wildman–Crippen LogP) is 2.91. The molecule has 3 N–H and O–H groups in total. The van der Waals surface area contributed by atoms with Crippen molar-refractivity contribution in [3.63, 3.8) is 0 Å². The summed E-state index contributed by atoms with van der Waals surface area (Å²) in [6.07, 6.45) is 0.388. The van der Waals surface area contributed by atoms with Crippen molar-refractivity contribution in [3.05, 3.63) is 35.9 Å². The molecule has 1 rings (SSSR count). The van der Waals surface area contributed by atoms with Crippen LogP contribution in [0.2, 0.25) is 0 Å². The van der Waals surface area contributed by atoms with E-state index in [1.54, 1.807) is 0 Å². The maximum Gasteiger partial charge on any atom is 0.222 e. The number of hydrogen-bond acceptors (Lipinski definition) is 2. The summed E-state index contributed by atoms with van der Waals surface area (Å²) in [5.41, 5.74) is 1.10. The molecule has 0 fully saturated rings. The van der Waals surface area contributed by atoms with Gasteiger partial charge >= 0.3 is 0 Å². The van der Waals surface area contributed by atoms with E-state index in [1.165, 1.54) is 0 Å². The Kier molecular flexibility index (Phi) is 12.3. The SMILES string of the molecule is CCNC(=NCCC(=O)NCc1ccccc1)NC(C)C(C)C.I. The van der Waals surface area contributed by atoms with Crippen molar-refractivity contribution in [2.75, 3.05) is 13.1 Å². The van der Waals surface area contributed by atoms with Crippen molar-refractivity contribution >= 4 is 35.8 Å². The number of benzene rings is 1. The molecule has 0 aromatic heterocycles. The Labute approximate surface area is 163 Å². The molecule has 24 heavy (non-hydrogen) atoms. The third-order valence-electron chi connectivity index (χ3n) is 3.65. The van der Waals surface area contributed by atoms with Gasteiger partial charge in [0.1, 0.15) is 0 Å². The second kappa shape index (κ2) is 13.0. The van der Waals surface area contributed by atoms with Crippen LogP contribution < -0.4 is 16.0 Å². The third-order valence-corrected chi connectivity index (χ3v) is 3.65. The number of amides is 1. The lowest BCUT2D eigenvalue weighted by Crippen LogP contribution is -2.44. The molecule has 0 aliphatic heterocycles. The number of rotatable bonds is 8. The average Bonchev–Trinajstić information content (AvgIpc) is 2.54. The number of carbonyl (C=O) groups is 1. The van der Waals surface area contributed by atoms with E-state index in [2.05, 4.69) is 41.7 Å². The van der Waals surface area contributed by atoms with E-state index < -0.39 is 0 Å². The molecule has 1 atom stereocenters. The van der Waals surface area contributed by atoms with Gasteiger partial charge < -0.3 is 16.0 Å². The number of nitrogens with one attached hydrogen (secondary N) is 3. The Morgan fingerprint density at radius 1 is 1.12 bits per heavy atom. The fourth-order valence-corrected chi connectivity index (χ4v) is 1.86. The standard InChI is InChI=1S/C18H30N4O.HI/c1-5-19-18(22-15(4)14(2)3)20-12-11-17(23)21-13-16-9-7-6-8-10-16;/h6-10,14-15H,5,11-13H2,1-4H3,(H,21,23)(H2,19,20,22);1H. The fraction of sp³-hybridized carbons (Fsp3) is 0.556. The molecule has 0 saturated carbocycles. The van der Waals surface area contributed by atoms with Crippen molar-refractivity contribution in [2.24, 2.45) is 10.9 Å². The molecule has 0 spiro atoms. The highest BCUT2D eigenvalue weighted by atomic mass is 127. The van der Waals surface area contributed by atoms with Crippen molar-refractivity contribution in [3.8, 4) is 0 Å². The molecule has 0 bridgehead atoms. The van der Waals surface area contributed by atoms with Gasteiger partial charge in [0.25, 0.3) is 0 Å². The van der Waals surface area contributed by atoms with Crippen molar-refractivity contribution < 1.29 is 4.79 Å². The first-order valence-corrected chi connectivity index (χ1v) is 8.38. The van der Waals surface area contributed by atoms with E-state index in [9.17, 15) is 4.79 Å². The summed E-state index contributed by atoms with van der Waals surface area (Å²) < 4.78 is 0. The van der Waals surface area contributed by atoms with Gasteiger partial charge in [-0.1, -0.05) is 44.2 Å². The molecule has 0 saturated heterocycles. The Morgan fingerprint density at radius 3 is 2.38 bits per heavy atom. The molecule has 0 heterocycles. The minimum Gasteiger partial charge on any atom is -0.357 e. The molecule has 0 aliphatic carbocycles. The summed E-state index contributed by atoms with van der Waals surface area (Å²) in [6, 6.07) is 10.2. The maximum atomic E-state index is 11.9. The van der Waals surface area contributed by atoms with Crippen LogP contribution in [-0.4, -0.2) is 31.0 Å². The maximum absolute atomic E-state index is 11.9.